The molecular weight excluding hydrogens is 572 g/mol. The number of ether oxygens (including phenoxy) is 1. The number of carbonyl (C=O) groups is 4. The molecule has 2 N–H and O–H groups in total. The predicted octanol–water partition coefficient (Wildman–Crippen LogP) is 3.68. The van der Waals surface area contributed by atoms with E-state index in [9.17, 15) is 32.7 Å². The standard InChI is InChI=1S/C32H50N2O8S/c1-8-10-11-20(3)14-21(4)25(16-28(37)42-31(5,6)7)29(38)34-19-23(35)15-26(34)27(36)18-32(17-22(32)9-2)30(39)33-43(40,41)24-12-13-24/h8-9,20-26,35H,1-2,10-19H2,3-7H3,(H,33,39)/t20?,21-,22-,23-,25?,26+,32-/m1/s1. The lowest BCUT2D eigenvalue weighted by molar-refractivity contribution is -0.160. The van der Waals surface area contributed by atoms with Gasteiger partial charge in [0.15, 0.2) is 5.78 Å². The van der Waals surface area contributed by atoms with Gasteiger partial charge in [-0.15, -0.1) is 13.2 Å². The summed E-state index contributed by atoms with van der Waals surface area (Å²) in [6, 6.07) is -0.996. The van der Waals surface area contributed by atoms with Crippen LogP contribution in [0.15, 0.2) is 25.3 Å². The van der Waals surface area contributed by atoms with E-state index in [0.717, 1.165) is 12.8 Å². The van der Waals surface area contributed by atoms with E-state index in [2.05, 4.69) is 24.8 Å². The first-order chi connectivity index (χ1) is 19.9. The number of Topliss-reactive ketones (excluding diaryl/α,β-unsaturated/α-hetero) is 1. The van der Waals surface area contributed by atoms with Crippen LogP contribution in [0.2, 0.25) is 0 Å². The first kappa shape index (κ1) is 35.0. The number of sulfonamides is 1. The van der Waals surface area contributed by atoms with E-state index in [1.807, 2.05) is 13.0 Å². The van der Waals surface area contributed by atoms with Crippen molar-refractivity contribution in [3.63, 3.8) is 0 Å². The number of aliphatic hydroxyl groups excluding tert-OH is 1. The van der Waals surface area contributed by atoms with Gasteiger partial charge in [-0.25, -0.2) is 8.42 Å². The fraction of sp³-hybridized carbons (Fsp3) is 0.750. The zero-order valence-electron chi connectivity index (χ0n) is 26.3. The van der Waals surface area contributed by atoms with Crippen LogP contribution < -0.4 is 4.72 Å². The number of likely N-dealkylation sites (tertiary alicyclic amines) is 1. The highest BCUT2D eigenvalue weighted by Gasteiger charge is 2.61. The Morgan fingerprint density at radius 2 is 1.81 bits per heavy atom. The number of esters is 1. The van der Waals surface area contributed by atoms with Gasteiger partial charge in [-0.2, -0.15) is 0 Å². The quantitative estimate of drug-likeness (QED) is 0.196. The minimum atomic E-state index is -3.81. The molecule has 0 aromatic carbocycles. The Labute approximate surface area is 256 Å². The number of aliphatic hydroxyl groups is 1. The molecule has 2 aliphatic carbocycles. The molecule has 3 fully saturated rings. The minimum Gasteiger partial charge on any atom is -0.460 e. The molecule has 3 rings (SSSR count). The van der Waals surface area contributed by atoms with Crippen molar-refractivity contribution < 1.29 is 37.4 Å². The number of nitrogens with zero attached hydrogens (tertiary/aromatic N) is 1. The fourth-order valence-corrected chi connectivity index (χ4v) is 7.68. The highest BCUT2D eigenvalue weighted by Crippen LogP contribution is 2.57. The topological polar surface area (TPSA) is 147 Å². The number of carbonyl (C=O) groups excluding carboxylic acids is 4. The van der Waals surface area contributed by atoms with Crippen LogP contribution in [0.5, 0.6) is 0 Å². The summed E-state index contributed by atoms with van der Waals surface area (Å²) in [4.78, 5) is 55.4. The molecule has 2 unspecified atom stereocenters. The van der Waals surface area contributed by atoms with E-state index >= 15 is 0 Å². The molecule has 1 heterocycles. The summed E-state index contributed by atoms with van der Waals surface area (Å²) in [5.74, 6) is -3.17. The van der Waals surface area contributed by atoms with Crippen molar-refractivity contribution in [1.82, 2.24) is 9.62 Å². The van der Waals surface area contributed by atoms with E-state index < -0.39 is 67.9 Å². The summed E-state index contributed by atoms with van der Waals surface area (Å²) < 4.78 is 32.7. The molecular formula is C32H50N2O8S. The summed E-state index contributed by atoms with van der Waals surface area (Å²) in [7, 11) is -3.81. The molecule has 1 aliphatic heterocycles. The number of allylic oxidation sites excluding steroid dienone is 2. The Balaban J connectivity index is 1.81. The van der Waals surface area contributed by atoms with Crippen molar-refractivity contribution in [1.29, 1.82) is 0 Å². The Bertz CT molecular complexity index is 1200. The molecule has 10 nitrogen and oxygen atoms in total. The maximum atomic E-state index is 14.1. The van der Waals surface area contributed by atoms with Crippen LogP contribution >= 0.6 is 0 Å². The van der Waals surface area contributed by atoms with Gasteiger partial charge in [0.25, 0.3) is 0 Å². The first-order valence-corrected chi connectivity index (χ1v) is 17.0. The van der Waals surface area contributed by atoms with E-state index in [0.29, 0.717) is 19.3 Å². The monoisotopic (exact) mass is 622 g/mol. The number of ketones is 1. The molecule has 0 aromatic heterocycles. The number of rotatable bonds is 16. The second kappa shape index (κ2) is 13.6. The molecule has 0 aromatic rings. The molecule has 3 aliphatic rings. The van der Waals surface area contributed by atoms with Crippen LogP contribution in [-0.2, 0) is 33.9 Å². The van der Waals surface area contributed by atoms with Gasteiger partial charge in [0.2, 0.25) is 21.8 Å². The van der Waals surface area contributed by atoms with Crippen LogP contribution in [0, 0.1) is 29.1 Å². The zero-order chi connectivity index (χ0) is 32.3. The Morgan fingerprint density at radius 3 is 2.35 bits per heavy atom. The van der Waals surface area contributed by atoms with E-state index in [1.54, 1.807) is 26.8 Å². The second-order valence-electron chi connectivity index (χ2n) is 14.0. The average molecular weight is 623 g/mol. The van der Waals surface area contributed by atoms with Gasteiger partial charge in [-0.05, 0) is 77.0 Å². The number of β-amino-alcohol motifs (C(OH)–C–C–N with tert-alkyl or cyclic N) is 1. The van der Waals surface area contributed by atoms with Gasteiger partial charge in [0.1, 0.15) is 5.60 Å². The molecule has 0 spiro atoms. The smallest absolute Gasteiger partial charge is 0.307 e. The highest BCUT2D eigenvalue weighted by atomic mass is 32.2. The van der Waals surface area contributed by atoms with Crippen LogP contribution in [0.25, 0.3) is 0 Å². The molecule has 2 amide bonds. The number of hydrogen-bond acceptors (Lipinski definition) is 8. The maximum Gasteiger partial charge on any atom is 0.307 e. The molecule has 242 valence electrons. The highest BCUT2D eigenvalue weighted by molar-refractivity contribution is 7.90. The molecule has 1 saturated heterocycles. The van der Waals surface area contributed by atoms with Crippen molar-refractivity contribution in [2.75, 3.05) is 6.54 Å². The zero-order valence-corrected chi connectivity index (χ0v) is 27.2. The summed E-state index contributed by atoms with van der Waals surface area (Å²) in [5, 5.41) is 9.99. The van der Waals surface area contributed by atoms with E-state index in [4.69, 9.17) is 4.74 Å². The number of hydrogen-bond donors (Lipinski definition) is 2. The second-order valence-corrected chi connectivity index (χ2v) is 16.0. The normalized spacial score (nSPS) is 27.5. The third-order valence-corrected chi connectivity index (χ3v) is 10.8. The maximum absolute atomic E-state index is 14.1. The van der Waals surface area contributed by atoms with Gasteiger partial charge < -0.3 is 14.7 Å². The van der Waals surface area contributed by atoms with Crippen molar-refractivity contribution >= 4 is 33.6 Å². The molecule has 11 heteroatoms. The van der Waals surface area contributed by atoms with Crippen molar-refractivity contribution in [3.05, 3.63) is 25.3 Å². The molecule has 43 heavy (non-hydrogen) atoms. The van der Waals surface area contributed by atoms with Gasteiger partial charge in [0, 0.05) is 19.4 Å². The largest absolute Gasteiger partial charge is 0.460 e. The van der Waals surface area contributed by atoms with Crippen molar-refractivity contribution in [3.8, 4) is 0 Å². The SMILES string of the molecule is C=CCCC(C)C[C@@H](C)C(CC(=O)OC(C)(C)C)C(=O)N1C[C@H](O)C[C@H]1C(=O)C[C@]1(C(=O)NS(=O)(=O)C2CC2)C[C@H]1C=C. The van der Waals surface area contributed by atoms with Gasteiger partial charge in [-0.3, -0.25) is 23.9 Å². The summed E-state index contributed by atoms with van der Waals surface area (Å²) in [6.45, 7) is 16.7. The van der Waals surface area contributed by atoms with Crippen LogP contribution in [0.1, 0.15) is 92.4 Å². The summed E-state index contributed by atoms with van der Waals surface area (Å²) in [6.07, 6.45) is 5.66. The lowest BCUT2D eigenvalue weighted by Crippen LogP contribution is -2.47. The Hall–Kier alpha value is -2.53. The Kier molecular flexibility index (Phi) is 11.1. The fourth-order valence-electron chi connectivity index (χ4n) is 6.30. The predicted molar refractivity (Wildman–Crippen MR) is 163 cm³/mol. The van der Waals surface area contributed by atoms with Gasteiger partial charge >= 0.3 is 5.97 Å². The third kappa shape index (κ3) is 9.00. The Morgan fingerprint density at radius 1 is 1.16 bits per heavy atom. The lowest BCUT2D eigenvalue weighted by Gasteiger charge is -2.32. The van der Waals surface area contributed by atoms with Crippen molar-refractivity contribution in [2.45, 2.75) is 115 Å². The summed E-state index contributed by atoms with van der Waals surface area (Å²) >= 11 is 0. The average Bonchev–Trinajstić information content (AvgIpc) is 3.81. The first-order valence-electron chi connectivity index (χ1n) is 15.5. The van der Waals surface area contributed by atoms with E-state index in [1.165, 1.54) is 4.90 Å². The van der Waals surface area contributed by atoms with Crippen LogP contribution in [0.4, 0.5) is 0 Å². The summed E-state index contributed by atoms with van der Waals surface area (Å²) in [5.41, 5.74) is -1.99. The number of amides is 2. The van der Waals surface area contributed by atoms with Gasteiger partial charge in [0.05, 0.1) is 35.1 Å². The molecule has 7 atom stereocenters. The molecule has 0 bridgehead atoms. The number of nitrogens with one attached hydrogen (secondary N) is 1. The van der Waals surface area contributed by atoms with Crippen LogP contribution in [0.3, 0.4) is 0 Å². The van der Waals surface area contributed by atoms with Crippen molar-refractivity contribution in [2.24, 2.45) is 29.1 Å². The minimum absolute atomic E-state index is 0.00464. The van der Waals surface area contributed by atoms with Crippen LogP contribution in [-0.4, -0.2) is 71.5 Å². The lowest BCUT2D eigenvalue weighted by atomic mass is 9.82. The van der Waals surface area contributed by atoms with E-state index in [-0.39, 0.29) is 50.0 Å². The third-order valence-electron chi connectivity index (χ3n) is 8.94. The van der Waals surface area contributed by atoms with Gasteiger partial charge in [-0.1, -0.05) is 26.0 Å². The molecule has 2 saturated carbocycles. The molecule has 0 radical (unpaired) electrons.